The minimum atomic E-state index is 0.0742. The topological polar surface area (TPSA) is 47.6 Å². The van der Waals surface area contributed by atoms with Crippen LogP contribution in [0.4, 0.5) is 4.79 Å². The van der Waals surface area contributed by atoms with Crippen LogP contribution in [0.1, 0.15) is 6.42 Å². The summed E-state index contributed by atoms with van der Waals surface area (Å²) < 4.78 is 0. The van der Waals surface area contributed by atoms with Gasteiger partial charge in [0, 0.05) is 26.2 Å². The van der Waals surface area contributed by atoms with E-state index in [1.165, 1.54) is 0 Å². The average molecular weight is 214 g/mol. The van der Waals surface area contributed by atoms with Crippen LogP contribution in [0.2, 0.25) is 0 Å². The van der Waals surface area contributed by atoms with Crippen molar-refractivity contribution in [2.24, 2.45) is 0 Å². The van der Waals surface area contributed by atoms with E-state index in [1.807, 2.05) is 4.90 Å². The van der Waals surface area contributed by atoms with Gasteiger partial charge in [0.05, 0.1) is 0 Å². The highest BCUT2D eigenvalue weighted by molar-refractivity contribution is 5.76. The molecule has 88 valence electrons. The van der Waals surface area contributed by atoms with Crippen molar-refractivity contribution in [2.45, 2.75) is 6.42 Å². The largest absolute Gasteiger partial charge is 0.336 e. The van der Waals surface area contributed by atoms with Gasteiger partial charge >= 0.3 is 6.03 Å². The van der Waals surface area contributed by atoms with Gasteiger partial charge in [0.1, 0.15) is 0 Å². The van der Waals surface area contributed by atoms with Gasteiger partial charge in [-0.2, -0.15) is 0 Å². The maximum Gasteiger partial charge on any atom is 0.317 e. The Morgan fingerprint density at radius 3 is 2.87 bits per heavy atom. The van der Waals surface area contributed by atoms with Crippen molar-refractivity contribution in [2.75, 3.05) is 53.4 Å². The van der Waals surface area contributed by atoms with Gasteiger partial charge in [0.15, 0.2) is 0 Å². The summed E-state index contributed by atoms with van der Waals surface area (Å²) in [6.07, 6.45) is 1.15. The van der Waals surface area contributed by atoms with Crippen LogP contribution in [0.25, 0.3) is 0 Å². The normalized spacial score (nSPS) is 16.2. The number of nitrogens with zero attached hydrogens (tertiary/aromatic N) is 2. The molecule has 0 bridgehead atoms. The number of urea groups is 1. The molecule has 5 nitrogen and oxygen atoms in total. The third kappa shape index (κ3) is 4.99. The van der Waals surface area contributed by atoms with Gasteiger partial charge in [0.2, 0.25) is 0 Å². The van der Waals surface area contributed by atoms with Gasteiger partial charge in [-0.25, -0.2) is 4.79 Å². The predicted molar refractivity (Wildman–Crippen MR) is 61.0 cm³/mol. The number of rotatable bonds is 7. The molecule has 15 heavy (non-hydrogen) atoms. The monoisotopic (exact) mass is 214 g/mol. The van der Waals surface area contributed by atoms with Crippen LogP contribution in [0.5, 0.6) is 0 Å². The van der Waals surface area contributed by atoms with Crippen molar-refractivity contribution in [3.63, 3.8) is 0 Å². The standard InChI is InChI=1S/C10H22N4O/c1-13(2)7-3-4-11-5-8-14-9-6-12-10(14)15/h11H,3-9H2,1-2H3,(H,12,15). The Hall–Kier alpha value is -0.810. The summed E-state index contributed by atoms with van der Waals surface area (Å²) in [5.41, 5.74) is 0. The Balaban J connectivity index is 1.90. The molecule has 0 aliphatic carbocycles. The molecule has 1 rings (SSSR count). The first-order valence-electron chi connectivity index (χ1n) is 5.58. The molecule has 2 amide bonds. The van der Waals surface area contributed by atoms with Gasteiger partial charge in [-0.1, -0.05) is 0 Å². The quantitative estimate of drug-likeness (QED) is 0.565. The minimum Gasteiger partial charge on any atom is -0.336 e. The smallest absolute Gasteiger partial charge is 0.317 e. The first kappa shape index (κ1) is 12.3. The molecule has 0 radical (unpaired) electrons. The SMILES string of the molecule is CN(C)CCCNCCN1CCNC1=O. The summed E-state index contributed by atoms with van der Waals surface area (Å²) in [6.45, 7) is 5.47. The molecule has 1 fully saturated rings. The highest BCUT2D eigenvalue weighted by Crippen LogP contribution is 1.94. The highest BCUT2D eigenvalue weighted by Gasteiger charge is 2.17. The van der Waals surface area contributed by atoms with E-state index in [2.05, 4.69) is 29.6 Å². The van der Waals surface area contributed by atoms with E-state index >= 15 is 0 Å². The molecule has 1 aliphatic heterocycles. The van der Waals surface area contributed by atoms with Crippen molar-refractivity contribution in [1.82, 2.24) is 20.4 Å². The molecule has 0 unspecified atom stereocenters. The van der Waals surface area contributed by atoms with Crippen LogP contribution < -0.4 is 10.6 Å². The molecule has 0 saturated carbocycles. The second-order valence-electron chi connectivity index (χ2n) is 4.13. The summed E-state index contributed by atoms with van der Waals surface area (Å²) in [4.78, 5) is 15.2. The first-order chi connectivity index (χ1) is 7.20. The molecule has 0 spiro atoms. The van der Waals surface area contributed by atoms with Gasteiger partial charge < -0.3 is 20.4 Å². The van der Waals surface area contributed by atoms with E-state index in [9.17, 15) is 4.79 Å². The van der Waals surface area contributed by atoms with Crippen LogP contribution in [0, 0.1) is 0 Å². The molecule has 2 N–H and O–H groups in total. The van der Waals surface area contributed by atoms with E-state index in [4.69, 9.17) is 0 Å². The van der Waals surface area contributed by atoms with Crippen LogP contribution in [-0.2, 0) is 0 Å². The summed E-state index contributed by atoms with van der Waals surface area (Å²) in [7, 11) is 4.16. The second kappa shape index (κ2) is 6.63. The number of hydrogen-bond acceptors (Lipinski definition) is 3. The van der Waals surface area contributed by atoms with Gasteiger partial charge in [-0.3, -0.25) is 0 Å². The lowest BCUT2D eigenvalue weighted by Crippen LogP contribution is -2.35. The van der Waals surface area contributed by atoms with E-state index in [-0.39, 0.29) is 6.03 Å². The van der Waals surface area contributed by atoms with E-state index in [0.717, 1.165) is 45.7 Å². The van der Waals surface area contributed by atoms with Crippen LogP contribution in [-0.4, -0.2) is 69.2 Å². The first-order valence-corrected chi connectivity index (χ1v) is 5.58. The van der Waals surface area contributed by atoms with Gasteiger partial charge in [-0.05, 0) is 33.6 Å². The third-order valence-electron chi connectivity index (χ3n) is 2.46. The average Bonchev–Trinajstić information content (AvgIpc) is 2.57. The molecule has 0 aromatic rings. The molecular formula is C10H22N4O. The molecular weight excluding hydrogens is 192 g/mol. The molecule has 5 heteroatoms. The van der Waals surface area contributed by atoms with Crippen LogP contribution >= 0.6 is 0 Å². The molecule has 1 saturated heterocycles. The number of amides is 2. The zero-order chi connectivity index (χ0) is 11.1. The Morgan fingerprint density at radius 2 is 2.27 bits per heavy atom. The van der Waals surface area contributed by atoms with E-state index in [1.54, 1.807) is 0 Å². The zero-order valence-corrected chi connectivity index (χ0v) is 9.75. The van der Waals surface area contributed by atoms with Crippen molar-refractivity contribution >= 4 is 6.03 Å². The lowest BCUT2D eigenvalue weighted by Gasteiger charge is -2.14. The van der Waals surface area contributed by atoms with Crippen molar-refractivity contribution in [3.05, 3.63) is 0 Å². The fourth-order valence-corrected chi connectivity index (χ4v) is 1.58. The fraction of sp³-hybridized carbons (Fsp3) is 0.900. The maximum atomic E-state index is 11.2. The summed E-state index contributed by atoms with van der Waals surface area (Å²) >= 11 is 0. The number of carbonyl (C=O) groups excluding carboxylic acids is 1. The lowest BCUT2D eigenvalue weighted by molar-refractivity contribution is 0.217. The number of nitrogens with one attached hydrogen (secondary N) is 2. The summed E-state index contributed by atoms with van der Waals surface area (Å²) in [6, 6.07) is 0.0742. The Morgan fingerprint density at radius 1 is 1.47 bits per heavy atom. The fourth-order valence-electron chi connectivity index (χ4n) is 1.58. The highest BCUT2D eigenvalue weighted by atomic mass is 16.2. The van der Waals surface area contributed by atoms with E-state index < -0.39 is 0 Å². The summed E-state index contributed by atoms with van der Waals surface area (Å²) in [5, 5.41) is 6.13. The number of carbonyl (C=O) groups is 1. The third-order valence-corrected chi connectivity index (χ3v) is 2.46. The van der Waals surface area contributed by atoms with E-state index in [0.29, 0.717) is 0 Å². The molecule has 1 aliphatic rings. The molecule has 1 heterocycles. The van der Waals surface area contributed by atoms with Gasteiger partial charge in [0.25, 0.3) is 0 Å². The molecule has 0 atom stereocenters. The Labute approximate surface area is 91.8 Å². The number of hydrogen-bond donors (Lipinski definition) is 2. The second-order valence-corrected chi connectivity index (χ2v) is 4.13. The van der Waals surface area contributed by atoms with Gasteiger partial charge in [-0.15, -0.1) is 0 Å². The van der Waals surface area contributed by atoms with Crippen molar-refractivity contribution < 1.29 is 4.79 Å². The Kier molecular flexibility index (Phi) is 5.42. The van der Waals surface area contributed by atoms with Crippen LogP contribution in [0.15, 0.2) is 0 Å². The lowest BCUT2D eigenvalue weighted by atomic mass is 10.4. The zero-order valence-electron chi connectivity index (χ0n) is 9.75. The van der Waals surface area contributed by atoms with Crippen LogP contribution in [0.3, 0.4) is 0 Å². The minimum absolute atomic E-state index is 0.0742. The summed E-state index contributed by atoms with van der Waals surface area (Å²) in [5.74, 6) is 0. The van der Waals surface area contributed by atoms with Crippen molar-refractivity contribution in [1.29, 1.82) is 0 Å². The Bertz CT molecular complexity index is 196. The molecule has 0 aromatic carbocycles. The maximum absolute atomic E-state index is 11.2. The van der Waals surface area contributed by atoms with Crippen molar-refractivity contribution in [3.8, 4) is 0 Å². The predicted octanol–water partition coefficient (Wildman–Crippen LogP) is -0.447. The molecule has 0 aromatic heterocycles.